The molecule has 2 rings (SSSR count). The van der Waals surface area contributed by atoms with Crippen LogP contribution >= 0.6 is 0 Å². The van der Waals surface area contributed by atoms with E-state index in [1.54, 1.807) is 23.2 Å². The Labute approximate surface area is 111 Å². The molecule has 0 spiro atoms. The molecule has 0 saturated heterocycles. The molecule has 0 aliphatic heterocycles. The first-order valence-electron chi connectivity index (χ1n) is 6.12. The molecule has 0 aliphatic rings. The Kier molecular flexibility index (Phi) is 3.00. The first-order chi connectivity index (χ1) is 8.75. The number of aliphatic carboxylic acids is 1. The monoisotopic (exact) mass is 262 g/mol. The van der Waals surface area contributed by atoms with Crippen LogP contribution in [0.1, 0.15) is 25.8 Å². The number of fused-ring (bicyclic) bond motifs is 1. The van der Waals surface area contributed by atoms with E-state index in [2.05, 4.69) is 0 Å². The second kappa shape index (κ2) is 4.26. The number of carbonyl (C=O) groups is 1. The first-order valence-corrected chi connectivity index (χ1v) is 6.12. The summed E-state index contributed by atoms with van der Waals surface area (Å²) in [5.41, 5.74) is 1.88. The van der Waals surface area contributed by atoms with E-state index < -0.39 is 11.4 Å². The van der Waals surface area contributed by atoms with Gasteiger partial charge in [-0.1, -0.05) is 26.0 Å². The van der Waals surface area contributed by atoms with Crippen molar-refractivity contribution in [3.8, 4) is 0 Å². The molecule has 0 unspecified atom stereocenters. The number of hydrogen-bond acceptors (Lipinski definition) is 2. The molecular formula is C14H18N2O3. The van der Waals surface area contributed by atoms with Gasteiger partial charge in [0.05, 0.1) is 17.5 Å². The molecule has 0 fully saturated rings. The highest BCUT2D eigenvalue weighted by Crippen LogP contribution is 2.32. The maximum absolute atomic E-state index is 12.0. The normalized spacial score (nSPS) is 12.0. The molecule has 0 aliphatic carbocycles. The van der Waals surface area contributed by atoms with Crippen LogP contribution in [0.4, 0.5) is 0 Å². The second-order valence-corrected chi connectivity index (χ2v) is 5.53. The van der Waals surface area contributed by atoms with Gasteiger partial charge in [-0.2, -0.15) is 0 Å². The van der Waals surface area contributed by atoms with E-state index in [0.717, 1.165) is 16.6 Å². The molecular weight excluding hydrogens is 244 g/mol. The van der Waals surface area contributed by atoms with Crippen molar-refractivity contribution in [1.29, 1.82) is 0 Å². The first kappa shape index (κ1) is 13.4. The van der Waals surface area contributed by atoms with Crippen molar-refractivity contribution >= 4 is 17.0 Å². The molecule has 2 aromatic rings. The SMILES string of the molecule is Cn1c(=O)n(C)c2c(C(C)(C)CC(=O)O)cccc21. The Morgan fingerprint density at radius 1 is 1.26 bits per heavy atom. The molecule has 0 bridgehead atoms. The summed E-state index contributed by atoms with van der Waals surface area (Å²) < 4.78 is 3.16. The van der Waals surface area contributed by atoms with Gasteiger partial charge in [0.15, 0.2) is 0 Å². The molecule has 19 heavy (non-hydrogen) atoms. The quantitative estimate of drug-likeness (QED) is 0.914. The van der Waals surface area contributed by atoms with Gasteiger partial charge in [0.1, 0.15) is 0 Å². The minimum atomic E-state index is -0.845. The molecule has 1 aromatic carbocycles. The summed E-state index contributed by atoms with van der Waals surface area (Å²) in [6.45, 7) is 3.76. The number of imidazole rings is 1. The van der Waals surface area contributed by atoms with Crippen LogP contribution in [-0.4, -0.2) is 20.2 Å². The van der Waals surface area contributed by atoms with Crippen molar-refractivity contribution in [1.82, 2.24) is 9.13 Å². The lowest BCUT2D eigenvalue weighted by atomic mass is 9.81. The van der Waals surface area contributed by atoms with E-state index in [4.69, 9.17) is 5.11 Å². The minimum Gasteiger partial charge on any atom is -0.481 e. The third-order valence-electron chi connectivity index (χ3n) is 3.61. The number of aryl methyl sites for hydroxylation is 2. The Morgan fingerprint density at radius 3 is 2.47 bits per heavy atom. The van der Waals surface area contributed by atoms with Crippen molar-refractivity contribution in [2.45, 2.75) is 25.7 Å². The Bertz CT molecular complexity index is 707. The average molecular weight is 262 g/mol. The molecule has 0 amide bonds. The number of aromatic nitrogens is 2. The van der Waals surface area contributed by atoms with Crippen LogP contribution in [0.5, 0.6) is 0 Å². The number of nitrogens with zero attached hydrogens (tertiary/aromatic N) is 2. The van der Waals surface area contributed by atoms with Crippen molar-refractivity contribution in [2.75, 3.05) is 0 Å². The fraction of sp³-hybridized carbons (Fsp3) is 0.429. The van der Waals surface area contributed by atoms with Gasteiger partial charge < -0.3 is 5.11 Å². The Morgan fingerprint density at radius 2 is 1.89 bits per heavy atom. The zero-order valence-electron chi connectivity index (χ0n) is 11.6. The lowest BCUT2D eigenvalue weighted by Gasteiger charge is -2.24. The van der Waals surface area contributed by atoms with E-state index in [-0.39, 0.29) is 12.1 Å². The zero-order chi connectivity index (χ0) is 14.4. The van der Waals surface area contributed by atoms with Crippen molar-refractivity contribution in [3.05, 3.63) is 34.2 Å². The fourth-order valence-corrected chi connectivity index (χ4v) is 2.60. The number of carboxylic acids is 1. The minimum absolute atomic E-state index is 0.0230. The van der Waals surface area contributed by atoms with Crippen LogP contribution in [-0.2, 0) is 24.3 Å². The molecule has 5 nitrogen and oxygen atoms in total. The molecule has 102 valence electrons. The molecule has 5 heteroatoms. The van der Waals surface area contributed by atoms with E-state index in [0.29, 0.717) is 0 Å². The molecule has 0 atom stereocenters. The van der Waals surface area contributed by atoms with Gasteiger partial charge in [0.25, 0.3) is 0 Å². The van der Waals surface area contributed by atoms with Crippen LogP contribution in [0.25, 0.3) is 11.0 Å². The summed E-state index contributed by atoms with van der Waals surface area (Å²) in [4.78, 5) is 23.0. The van der Waals surface area contributed by atoms with Crippen LogP contribution in [0.15, 0.2) is 23.0 Å². The number of benzene rings is 1. The Balaban J connectivity index is 2.78. The summed E-state index contributed by atoms with van der Waals surface area (Å²) in [5.74, 6) is -0.845. The smallest absolute Gasteiger partial charge is 0.328 e. The van der Waals surface area contributed by atoms with Gasteiger partial charge in [-0.15, -0.1) is 0 Å². The van der Waals surface area contributed by atoms with Gasteiger partial charge in [-0.05, 0) is 11.6 Å². The van der Waals surface area contributed by atoms with Crippen LogP contribution in [0.2, 0.25) is 0 Å². The van der Waals surface area contributed by atoms with Crippen molar-refractivity contribution < 1.29 is 9.90 Å². The van der Waals surface area contributed by atoms with Crippen molar-refractivity contribution in [3.63, 3.8) is 0 Å². The maximum atomic E-state index is 12.0. The van der Waals surface area contributed by atoms with Crippen LogP contribution in [0.3, 0.4) is 0 Å². The maximum Gasteiger partial charge on any atom is 0.328 e. The molecule has 0 saturated carbocycles. The number of rotatable bonds is 3. The van der Waals surface area contributed by atoms with Crippen LogP contribution in [0, 0.1) is 0 Å². The third kappa shape index (κ3) is 2.05. The Hall–Kier alpha value is -2.04. The van der Waals surface area contributed by atoms with Gasteiger partial charge in [0, 0.05) is 19.5 Å². The van der Waals surface area contributed by atoms with E-state index in [1.165, 1.54) is 0 Å². The highest BCUT2D eigenvalue weighted by atomic mass is 16.4. The number of hydrogen-bond donors (Lipinski definition) is 1. The zero-order valence-corrected chi connectivity index (χ0v) is 11.6. The van der Waals surface area contributed by atoms with Crippen LogP contribution < -0.4 is 5.69 Å². The van der Waals surface area contributed by atoms with Gasteiger partial charge in [-0.3, -0.25) is 13.9 Å². The second-order valence-electron chi connectivity index (χ2n) is 5.53. The number of carboxylic acid groups (broad SMARTS) is 1. The molecule has 1 heterocycles. The summed E-state index contributed by atoms with van der Waals surface area (Å²) in [6.07, 6.45) is 0.0230. The standard InChI is InChI=1S/C14H18N2O3/c1-14(2,8-11(17)18)9-6-5-7-10-12(9)16(4)13(19)15(10)3/h5-7H,8H2,1-4H3,(H,17,18). The molecule has 1 aromatic heterocycles. The lowest BCUT2D eigenvalue weighted by Crippen LogP contribution is -2.23. The van der Waals surface area contributed by atoms with Gasteiger partial charge in [-0.25, -0.2) is 4.79 Å². The van der Waals surface area contributed by atoms with E-state index in [1.807, 2.05) is 32.0 Å². The lowest BCUT2D eigenvalue weighted by molar-refractivity contribution is -0.138. The summed E-state index contributed by atoms with van der Waals surface area (Å²) in [7, 11) is 3.43. The predicted molar refractivity (Wildman–Crippen MR) is 73.4 cm³/mol. The fourth-order valence-electron chi connectivity index (χ4n) is 2.60. The summed E-state index contributed by atoms with van der Waals surface area (Å²) in [6, 6.07) is 5.63. The topological polar surface area (TPSA) is 64.2 Å². The highest BCUT2D eigenvalue weighted by Gasteiger charge is 2.28. The largest absolute Gasteiger partial charge is 0.481 e. The molecule has 0 radical (unpaired) electrons. The average Bonchev–Trinajstić information content (AvgIpc) is 2.53. The predicted octanol–water partition coefficient (Wildman–Crippen LogP) is 1.63. The van der Waals surface area contributed by atoms with Gasteiger partial charge >= 0.3 is 11.7 Å². The van der Waals surface area contributed by atoms with E-state index in [9.17, 15) is 9.59 Å². The molecule has 1 N–H and O–H groups in total. The highest BCUT2D eigenvalue weighted by molar-refractivity contribution is 5.82. The summed E-state index contributed by atoms with van der Waals surface area (Å²) in [5, 5.41) is 9.04. The van der Waals surface area contributed by atoms with Gasteiger partial charge in [0.2, 0.25) is 0 Å². The van der Waals surface area contributed by atoms with E-state index >= 15 is 0 Å². The van der Waals surface area contributed by atoms with Crippen molar-refractivity contribution in [2.24, 2.45) is 14.1 Å². The number of para-hydroxylation sites is 1. The summed E-state index contributed by atoms with van der Waals surface area (Å²) >= 11 is 0. The third-order valence-corrected chi connectivity index (χ3v) is 3.61.